The molecular formula is C53H32N4. The first-order valence-corrected chi connectivity index (χ1v) is 19.1. The number of aromatic nitrogens is 3. The molecule has 0 atom stereocenters. The van der Waals surface area contributed by atoms with Gasteiger partial charge in [-0.3, -0.25) is 9.97 Å². The highest BCUT2D eigenvalue weighted by molar-refractivity contribution is 6.24. The lowest BCUT2D eigenvalue weighted by Gasteiger charge is -2.19. The van der Waals surface area contributed by atoms with Gasteiger partial charge in [0.2, 0.25) is 0 Å². The third-order valence-corrected chi connectivity index (χ3v) is 11.3. The van der Waals surface area contributed by atoms with Gasteiger partial charge in [0.15, 0.2) is 0 Å². The third kappa shape index (κ3) is 5.29. The first-order chi connectivity index (χ1) is 28.2. The van der Waals surface area contributed by atoms with Crippen LogP contribution in [0.1, 0.15) is 5.56 Å². The van der Waals surface area contributed by atoms with Gasteiger partial charge in [-0.25, -0.2) is 0 Å². The molecule has 0 aliphatic rings. The van der Waals surface area contributed by atoms with Crippen LogP contribution in [-0.4, -0.2) is 14.5 Å². The van der Waals surface area contributed by atoms with Crippen molar-refractivity contribution in [1.82, 2.24) is 14.5 Å². The van der Waals surface area contributed by atoms with Crippen molar-refractivity contribution >= 4 is 54.1 Å². The van der Waals surface area contributed by atoms with Crippen LogP contribution >= 0.6 is 0 Å². The van der Waals surface area contributed by atoms with Crippen molar-refractivity contribution in [3.63, 3.8) is 0 Å². The maximum absolute atomic E-state index is 10.1. The van der Waals surface area contributed by atoms with Gasteiger partial charge in [0.25, 0.3) is 0 Å². The molecule has 4 nitrogen and oxygen atoms in total. The van der Waals surface area contributed by atoms with Gasteiger partial charge in [-0.1, -0.05) is 109 Å². The molecule has 0 bridgehead atoms. The van der Waals surface area contributed by atoms with Gasteiger partial charge in [0.05, 0.1) is 22.7 Å². The van der Waals surface area contributed by atoms with Crippen LogP contribution in [0.2, 0.25) is 0 Å². The Bertz CT molecular complexity index is 3290. The van der Waals surface area contributed by atoms with Crippen LogP contribution in [0.15, 0.2) is 195 Å². The number of hydrogen-bond donors (Lipinski definition) is 0. The van der Waals surface area contributed by atoms with Crippen molar-refractivity contribution in [3.05, 3.63) is 200 Å². The van der Waals surface area contributed by atoms with Gasteiger partial charge in [0, 0.05) is 52.4 Å². The monoisotopic (exact) mass is 724 g/mol. The largest absolute Gasteiger partial charge is 0.309 e. The topological polar surface area (TPSA) is 54.5 Å². The van der Waals surface area contributed by atoms with Crippen molar-refractivity contribution in [2.75, 3.05) is 0 Å². The first kappa shape index (κ1) is 32.6. The Balaban J connectivity index is 1.20. The SMILES string of the molecule is N#Cc1ccc2c(c1)c1cc(-c3c4ccccc4c(-c4cccc5ccccc45)c4ccccc34)ccc1n2-c1cc(-c2cccnc2)cc(-c2cccnc2)c1. The van der Waals surface area contributed by atoms with E-state index in [1.807, 2.05) is 36.7 Å². The third-order valence-electron chi connectivity index (χ3n) is 11.3. The zero-order chi connectivity index (χ0) is 37.9. The molecule has 0 aliphatic heterocycles. The maximum atomic E-state index is 10.1. The lowest BCUT2D eigenvalue weighted by atomic mass is 9.84. The molecule has 11 rings (SSSR count). The van der Waals surface area contributed by atoms with Crippen molar-refractivity contribution in [3.8, 4) is 56.3 Å². The lowest BCUT2D eigenvalue weighted by molar-refractivity contribution is 1.18. The first-order valence-electron chi connectivity index (χ1n) is 19.1. The molecule has 0 spiro atoms. The Hall–Kier alpha value is -7.87. The molecule has 0 saturated heterocycles. The van der Waals surface area contributed by atoms with Crippen LogP contribution in [0.5, 0.6) is 0 Å². The number of nitriles is 1. The molecular weight excluding hydrogens is 693 g/mol. The molecule has 3 heterocycles. The molecule has 8 aromatic carbocycles. The normalized spacial score (nSPS) is 11.5. The Kier molecular flexibility index (Phi) is 7.52. The zero-order valence-electron chi connectivity index (χ0n) is 30.8. The van der Waals surface area contributed by atoms with Gasteiger partial charge in [-0.05, 0) is 126 Å². The molecule has 0 aliphatic carbocycles. The number of nitrogens with zero attached hydrogens (tertiary/aromatic N) is 4. The summed E-state index contributed by atoms with van der Waals surface area (Å²) in [5.41, 5.74) is 12.7. The number of rotatable bonds is 5. The second-order valence-corrected chi connectivity index (χ2v) is 14.5. The average Bonchev–Trinajstić information content (AvgIpc) is 3.61. The quantitative estimate of drug-likeness (QED) is 0.166. The maximum Gasteiger partial charge on any atom is 0.0991 e. The van der Waals surface area contributed by atoms with Crippen LogP contribution < -0.4 is 0 Å². The highest BCUT2D eigenvalue weighted by Gasteiger charge is 2.20. The van der Waals surface area contributed by atoms with Crippen LogP contribution in [0.4, 0.5) is 0 Å². The Morgan fingerprint density at radius 2 is 0.965 bits per heavy atom. The standard InChI is InChI=1S/C53H32N4/c54-31-34-20-22-50-48(26-34)49-30-36(21-23-51(49)57(50)41-28-39(37-12-8-24-55-32-37)27-40(29-41)38-13-9-25-56-33-38)52-44-15-3-5-17-46(44)53(47-18-6-4-16-45(47)52)43-19-7-11-35-10-1-2-14-42(35)43/h1-30,32-33H. The summed E-state index contributed by atoms with van der Waals surface area (Å²) in [5, 5.41) is 19.5. The molecule has 0 N–H and O–H groups in total. The minimum Gasteiger partial charge on any atom is -0.309 e. The number of hydrogen-bond acceptors (Lipinski definition) is 3. The highest BCUT2D eigenvalue weighted by Crippen LogP contribution is 2.46. The van der Waals surface area contributed by atoms with Gasteiger partial charge < -0.3 is 4.57 Å². The van der Waals surface area contributed by atoms with Crippen molar-refractivity contribution in [2.24, 2.45) is 0 Å². The molecule has 3 aromatic heterocycles. The molecule has 0 unspecified atom stereocenters. The minimum atomic E-state index is 0.627. The van der Waals surface area contributed by atoms with Crippen LogP contribution in [0.3, 0.4) is 0 Å². The van der Waals surface area contributed by atoms with Crippen LogP contribution in [-0.2, 0) is 0 Å². The van der Waals surface area contributed by atoms with Gasteiger partial charge >= 0.3 is 0 Å². The van der Waals surface area contributed by atoms with E-state index in [0.29, 0.717) is 5.56 Å². The molecule has 0 fully saturated rings. The van der Waals surface area contributed by atoms with E-state index in [0.717, 1.165) is 55.3 Å². The zero-order valence-corrected chi connectivity index (χ0v) is 30.8. The van der Waals surface area contributed by atoms with Gasteiger partial charge in [0.1, 0.15) is 0 Å². The lowest BCUT2D eigenvalue weighted by Crippen LogP contribution is -1.96. The second-order valence-electron chi connectivity index (χ2n) is 14.5. The smallest absolute Gasteiger partial charge is 0.0991 e. The molecule has 0 amide bonds. The summed E-state index contributed by atoms with van der Waals surface area (Å²) in [7, 11) is 0. The number of fused-ring (bicyclic) bond motifs is 6. The molecule has 4 heteroatoms. The van der Waals surface area contributed by atoms with Crippen molar-refractivity contribution in [1.29, 1.82) is 5.26 Å². The minimum absolute atomic E-state index is 0.627. The summed E-state index contributed by atoms with van der Waals surface area (Å²) in [6, 6.07) is 63.0. The predicted octanol–water partition coefficient (Wildman–Crippen LogP) is 13.6. The van der Waals surface area contributed by atoms with E-state index in [9.17, 15) is 5.26 Å². The van der Waals surface area contributed by atoms with E-state index in [4.69, 9.17) is 0 Å². The molecule has 0 radical (unpaired) electrons. The van der Waals surface area contributed by atoms with Crippen molar-refractivity contribution in [2.45, 2.75) is 0 Å². The van der Waals surface area contributed by atoms with Gasteiger partial charge in [-0.2, -0.15) is 5.26 Å². The van der Waals surface area contributed by atoms with E-state index in [1.165, 1.54) is 49.0 Å². The van der Waals surface area contributed by atoms with Crippen molar-refractivity contribution < 1.29 is 0 Å². The van der Waals surface area contributed by atoms with E-state index in [1.54, 1.807) is 12.4 Å². The Labute approximate surface area is 329 Å². The van der Waals surface area contributed by atoms with Gasteiger partial charge in [-0.15, -0.1) is 0 Å². The average molecular weight is 725 g/mol. The highest BCUT2D eigenvalue weighted by atomic mass is 15.0. The molecule has 11 aromatic rings. The fourth-order valence-electron chi connectivity index (χ4n) is 8.84. The van der Waals surface area contributed by atoms with Crippen LogP contribution in [0.25, 0.3) is 104 Å². The summed E-state index contributed by atoms with van der Waals surface area (Å²) in [5.74, 6) is 0. The molecule has 0 saturated carbocycles. The second kappa shape index (κ2) is 13.2. The fourth-order valence-corrected chi connectivity index (χ4v) is 8.84. The van der Waals surface area contributed by atoms with E-state index < -0.39 is 0 Å². The Morgan fingerprint density at radius 1 is 0.404 bits per heavy atom. The Morgan fingerprint density at radius 3 is 1.58 bits per heavy atom. The summed E-state index contributed by atoms with van der Waals surface area (Å²) in [6.07, 6.45) is 7.42. The van der Waals surface area contributed by atoms with E-state index in [2.05, 4.69) is 166 Å². The van der Waals surface area contributed by atoms with Crippen LogP contribution in [0, 0.1) is 11.3 Å². The number of pyridine rings is 2. The fraction of sp³-hybridized carbons (Fsp3) is 0. The molecule has 264 valence electrons. The summed E-state index contributed by atoms with van der Waals surface area (Å²) in [6.45, 7) is 0. The molecule has 57 heavy (non-hydrogen) atoms. The predicted molar refractivity (Wildman–Crippen MR) is 235 cm³/mol. The van der Waals surface area contributed by atoms with E-state index >= 15 is 0 Å². The van der Waals surface area contributed by atoms with E-state index in [-0.39, 0.29) is 0 Å². The summed E-state index contributed by atoms with van der Waals surface area (Å²) in [4.78, 5) is 8.89. The summed E-state index contributed by atoms with van der Waals surface area (Å²) >= 11 is 0. The summed E-state index contributed by atoms with van der Waals surface area (Å²) < 4.78 is 2.33. The number of benzene rings is 8.